The number of hydrogen-bond donors (Lipinski definition) is 1. The van der Waals surface area contributed by atoms with E-state index in [9.17, 15) is 14.4 Å². The Hall–Kier alpha value is -2.25. The molecule has 1 unspecified atom stereocenters. The molecule has 1 aliphatic carbocycles. The molecule has 3 fully saturated rings. The quantitative estimate of drug-likeness (QED) is 0.575. The van der Waals surface area contributed by atoms with Gasteiger partial charge in [0.2, 0.25) is 0 Å². The molecule has 2 heterocycles. The van der Waals surface area contributed by atoms with E-state index >= 15 is 0 Å². The summed E-state index contributed by atoms with van der Waals surface area (Å²) in [4.78, 5) is 42.2. The number of rotatable bonds is 5. The summed E-state index contributed by atoms with van der Waals surface area (Å²) in [7, 11) is 0. The predicted molar refractivity (Wildman–Crippen MR) is 117 cm³/mol. The maximum atomic E-state index is 13.1. The van der Waals surface area contributed by atoms with Crippen LogP contribution >= 0.6 is 0 Å². The van der Waals surface area contributed by atoms with Crippen LogP contribution in [0.5, 0.6) is 0 Å². The zero-order chi connectivity index (χ0) is 21.6. The third kappa shape index (κ3) is 5.52. The monoisotopic (exact) mass is 427 g/mol. The smallest absolute Gasteiger partial charge is 0.312 e. The molecule has 31 heavy (non-hydrogen) atoms. The van der Waals surface area contributed by atoms with E-state index < -0.39 is 17.9 Å². The number of benzene rings is 1. The predicted octanol–water partition coefficient (Wildman–Crippen LogP) is 2.14. The van der Waals surface area contributed by atoms with E-state index in [2.05, 4.69) is 10.2 Å². The number of nitrogens with zero attached hydrogens (tertiary/aromatic N) is 2. The summed E-state index contributed by atoms with van der Waals surface area (Å²) in [5.74, 6) is -1.20. The van der Waals surface area contributed by atoms with Crippen molar-refractivity contribution in [3.05, 3.63) is 35.4 Å². The zero-order valence-corrected chi connectivity index (χ0v) is 18.2. The molecule has 1 N–H and O–H groups in total. The van der Waals surface area contributed by atoms with E-state index in [0.717, 1.165) is 70.5 Å². The molecule has 1 aromatic rings. The first-order valence-corrected chi connectivity index (χ1v) is 11.7. The van der Waals surface area contributed by atoms with E-state index in [1.807, 2.05) is 24.3 Å². The Bertz CT molecular complexity index is 783. The van der Waals surface area contributed by atoms with Gasteiger partial charge in [0.1, 0.15) is 0 Å². The lowest BCUT2D eigenvalue weighted by Crippen LogP contribution is -2.50. The Labute approximate surface area is 184 Å². The molecule has 0 spiro atoms. The van der Waals surface area contributed by atoms with Gasteiger partial charge in [-0.05, 0) is 31.2 Å². The van der Waals surface area contributed by atoms with E-state index in [1.54, 1.807) is 0 Å². The first kappa shape index (κ1) is 22.0. The number of hydrogen-bond acceptors (Lipinski definition) is 5. The average Bonchev–Trinajstić information content (AvgIpc) is 3.30. The number of Topliss-reactive ketones (excluding diaryl/α,β-unsaturated/α-hetero) is 1. The lowest BCUT2D eigenvalue weighted by atomic mass is 9.95. The van der Waals surface area contributed by atoms with Crippen LogP contribution in [-0.4, -0.2) is 72.3 Å². The lowest BCUT2D eigenvalue weighted by molar-refractivity contribution is -0.146. The molecule has 7 heteroatoms. The highest BCUT2D eigenvalue weighted by Gasteiger charge is 2.37. The van der Waals surface area contributed by atoms with Crippen LogP contribution in [0.2, 0.25) is 0 Å². The van der Waals surface area contributed by atoms with Crippen molar-refractivity contribution < 1.29 is 19.1 Å². The third-order valence-corrected chi connectivity index (χ3v) is 6.70. The highest BCUT2D eigenvalue weighted by atomic mass is 16.5. The molecule has 0 radical (unpaired) electrons. The van der Waals surface area contributed by atoms with Crippen molar-refractivity contribution >= 4 is 17.6 Å². The van der Waals surface area contributed by atoms with Crippen LogP contribution in [0.1, 0.15) is 60.9 Å². The van der Waals surface area contributed by atoms with Gasteiger partial charge < -0.3 is 15.0 Å². The molecule has 1 atom stereocenters. The Morgan fingerprint density at radius 3 is 2.32 bits per heavy atom. The van der Waals surface area contributed by atoms with Crippen LogP contribution < -0.4 is 5.32 Å². The minimum atomic E-state index is -0.564. The minimum Gasteiger partial charge on any atom is -0.379 e. The zero-order valence-electron chi connectivity index (χ0n) is 18.2. The van der Waals surface area contributed by atoms with Crippen LogP contribution in [0.3, 0.4) is 0 Å². The number of ketones is 1. The molecule has 1 aromatic carbocycles. The average molecular weight is 428 g/mol. The van der Waals surface area contributed by atoms with Gasteiger partial charge in [-0.1, -0.05) is 43.5 Å². The first-order chi connectivity index (χ1) is 15.1. The number of carbonyl (C=O) groups is 3. The third-order valence-electron chi connectivity index (χ3n) is 6.70. The SMILES string of the molecule is O=C(NC1CCCCC1)C(=O)N1CCCC1C(=O)c1ccc(CN2CCOCC2)cc1. The molecular weight excluding hydrogens is 394 g/mol. The van der Waals surface area contributed by atoms with Crippen molar-refractivity contribution in [3.8, 4) is 0 Å². The van der Waals surface area contributed by atoms with E-state index in [1.165, 1.54) is 11.3 Å². The summed E-state index contributed by atoms with van der Waals surface area (Å²) in [6.45, 7) is 4.66. The Morgan fingerprint density at radius 1 is 0.903 bits per heavy atom. The van der Waals surface area contributed by atoms with Crippen LogP contribution in [0.15, 0.2) is 24.3 Å². The maximum Gasteiger partial charge on any atom is 0.312 e. The summed E-state index contributed by atoms with van der Waals surface area (Å²) in [5.41, 5.74) is 1.76. The number of ether oxygens (including phenoxy) is 1. The van der Waals surface area contributed by atoms with Gasteiger partial charge in [0, 0.05) is 37.8 Å². The molecule has 1 saturated carbocycles. The second-order valence-electron chi connectivity index (χ2n) is 8.91. The number of morpholine rings is 1. The van der Waals surface area contributed by atoms with Crippen molar-refractivity contribution in [1.29, 1.82) is 0 Å². The fraction of sp³-hybridized carbons (Fsp3) is 0.625. The molecule has 168 valence electrons. The van der Waals surface area contributed by atoms with Gasteiger partial charge in [-0.25, -0.2) is 0 Å². The number of amides is 2. The van der Waals surface area contributed by atoms with Crippen molar-refractivity contribution in [3.63, 3.8) is 0 Å². The van der Waals surface area contributed by atoms with Crippen molar-refractivity contribution in [2.75, 3.05) is 32.8 Å². The Morgan fingerprint density at radius 2 is 1.61 bits per heavy atom. The van der Waals surface area contributed by atoms with Gasteiger partial charge in [-0.3, -0.25) is 19.3 Å². The second kappa shape index (κ2) is 10.4. The maximum absolute atomic E-state index is 13.1. The fourth-order valence-corrected chi connectivity index (χ4v) is 4.89. The van der Waals surface area contributed by atoms with E-state index in [-0.39, 0.29) is 11.8 Å². The number of carbonyl (C=O) groups excluding carboxylic acids is 3. The largest absolute Gasteiger partial charge is 0.379 e. The van der Waals surface area contributed by atoms with Crippen LogP contribution in [-0.2, 0) is 20.9 Å². The standard InChI is InChI=1S/C24H33N3O4/c28-22(19-10-8-18(9-11-19)17-26-13-15-31-16-14-26)21-7-4-12-27(21)24(30)23(29)25-20-5-2-1-3-6-20/h8-11,20-21H,1-7,12-17H2,(H,25,29). The second-order valence-corrected chi connectivity index (χ2v) is 8.91. The summed E-state index contributed by atoms with van der Waals surface area (Å²) in [6.07, 6.45) is 6.58. The molecular formula is C24H33N3O4. The minimum absolute atomic E-state index is 0.0748. The summed E-state index contributed by atoms with van der Waals surface area (Å²) >= 11 is 0. The van der Waals surface area contributed by atoms with Crippen LogP contribution in [0.4, 0.5) is 0 Å². The molecule has 2 aliphatic heterocycles. The van der Waals surface area contributed by atoms with Gasteiger partial charge in [0.05, 0.1) is 19.3 Å². The van der Waals surface area contributed by atoms with Gasteiger partial charge in [0.15, 0.2) is 5.78 Å². The molecule has 2 saturated heterocycles. The van der Waals surface area contributed by atoms with Crippen molar-refractivity contribution in [2.45, 2.75) is 63.6 Å². The van der Waals surface area contributed by atoms with Gasteiger partial charge >= 0.3 is 11.8 Å². The van der Waals surface area contributed by atoms with Crippen LogP contribution in [0.25, 0.3) is 0 Å². The highest BCUT2D eigenvalue weighted by molar-refractivity contribution is 6.35. The molecule has 0 aromatic heterocycles. The number of nitrogens with one attached hydrogen (secondary N) is 1. The Kier molecular flexibility index (Phi) is 7.35. The summed E-state index contributed by atoms with van der Waals surface area (Å²) < 4.78 is 5.39. The molecule has 2 amide bonds. The Balaban J connectivity index is 1.35. The normalized spacial score (nSPS) is 23.0. The van der Waals surface area contributed by atoms with Crippen LogP contribution in [0, 0.1) is 0 Å². The first-order valence-electron chi connectivity index (χ1n) is 11.7. The van der Waals surface area contributed by atoms with Gasteiger partial charge in [0.25, 0.3) is 0 Å². The fourth-order valence-electron chi connectivity index (χ4n) is 4.89. The van der Waals surface area contributed by atoms with E-state index in [4.69, 9.17) is 4.74 Å². The molecule has 7 nitrogen and oxygen atoms in total. The van der Waals surface area contributed by atoms with Crippen molar-refractivity contribution in [1.82, 2.24) is 15.1 Å². The summed E-state index contributed by atoms with van der Waals surface area (Å²) in [5, 5.41) is 2.89. The molecule has 3 aliphatic rings. The topological polar surface area (TPSA) is 79.0 Å². The highest BCUT2D eigenvalue weighted by Crippen LogP contribution is 2.23. The van der Waals surface area contributed by atoms with E-state index in [0.29, 0.717) is 18.5 Å². The number of likely N-dealkylation sites (tertiary alicyclic amines) is 1. The van der Waals surface area contributed by atoms with Crippen molar-refractivity contribution in [2.24, 2.45) is 0 Å². The van der Waals surface area contributed by atoms with Gasteiger partial charge in [-0.15, -0.1) is 0 Å². The lowest BCUT2D eigenvalue weighted by Gasteiger charge is -2.27. The summed E-state index contributed by atoms with van der Waals surface area (Å²) in [6, 6.07) is 7.21. The van der Waals surface area contributed by atoms with Gasteiger partial charge in [-0.2, -0.15) is 0 Å². The molecule has 4 rings (SSSR count). The molecule has 0 bridgehead atoms.